The van der Waals surface area contributed by atoms with E-state index in [1.807, 2.05) is 0 Å². The van der Waals surface area contributed by atoms with Crippen molar-refractivity contribution >= 4 is 45.5 Å². The Bertz CT molecular complexity index is 886. The third-order valence-corrected chi connectivity index (χ3v) is 11.1. The highest BCUT2D eigenvalue weighted by atomic mass is 79.9. The summed E-state index contributed by atoms with van der Waals surface area (Å²) in [6.07, 6.45) is 5.51. The molecule has 4 heterocycles. The highest BCUT2D eigenvalue weighted by Gasteiger charge is 2.76. The maximum atomic E-state index is 14.2. The number of aliphatic hydroxyl groups excluding tert-OH is 1. The SMILES string of the molecule is C=CCCCOC(=O)[C@H]1[C@@H]2SC3(CC2Br)C(C(=O)N(CC=C)CCN2CCOCC2)N(CCO)C(=O)[C@H]13. The number of aliphatic hydroxyl groups is 1. The summed E-state index contributed by atoms with van der Waals surface area (Å²) < 4.78 is 10.3. The Morgan fingerprint density at radius 1 is 1.27 bits per heavy atom. The van der Waals surface area contributed by atoms with Crippen molar-refractivity contribution in [2.24, 2.45) is 11.8 Å². The fourth-order valence-electron chi connectivity index (χ4n) is 6.23. The van der Waals surface area contributed by atoms with Gasteiger partial charge in [-0.25, -0.2) is 0 Å². The van der Waals surface area contributed by atoms with Crippen LogP contribution in [0.1, 0.15) is 19.3 Å². The van der Waals surface area contributed by atoms with Crippen LogP contribution in [-0.2, 0) is 23.9 Å². The number of ether oxygens (including phenoxy) is 2. The van der Waals surface area contributed by atoms with Crippen molar-refractivity contribution in [1.29, 1.82) is 0 Å². The van der Waals surface area contributed by atoms with Crippen molar-refractivity contribution in [1.82, 2.24) is 14.7 Å². The molecule has 2 amide bonds. The predicted octanol–water partition coefficient (Wildman–Crippen LogP) is 1.30. The quantitative estimate of drug-likeness (QED) is 0.146. The molecule has 11 heteroatoms. The first-order chi connectivity index (χ1) is 17.9. The molecule has 0 saturated carbocycles. The smallest absolute Gasteiger partial charge is 0.310 e. The van der Waals surface area contributed by atoms with E-state index in [4.69, 9.17) is 9.47 Å². The molecule has 4 fully saturated rings. The lowest BCUT2D eigenvalue weighted by Crippen LogP contribution is -2.56. The molecule has 37 heavy (non-hydrogen) atoms. The van der Waals surface area contributed by atoms with E-state index in [1.54, 1.807) is 28.8 Å². The van der Waals surface area contributed by atoms with Crippen molar-refractivity contribution in [3.05, 3.63) is 25.3 Å². The lowest BCUT2D eigenvalue weighted by atomic mass is 9.71. The Labute approximate surface area is 231 Å². The van der Waals surface area contributed by atoms with E-state index >= 15 is 0 Å². The number of thioether (sulfide) groups is 1. The number of carbonyl (C=O) groups excluding carboxylic acids is 3. The number of rotatable bonds is 13. The van der Waals surface area contributed by atoms with Gasteiger partial charge in [0.25, 0.3) is 0 Å². The standard InChI is InChI=1S/C26H38BrN3O6S/c1-3-5-6-14-36-25(34)19-20-23(32)30(10-13-31)22(26(20)17-18(27)21(19)37-26)24(33)29(7-4-2)9-8-28-11-15-35-16-12-28/h3-4,18-22,31H,1-2,5-17H2/t18?,19-,20+,21-,22?,26?/m1/s1. The number of allylic oxidation sites excluding steroid dienone is 1. The highest BCUT2D eigenvalue weighted by Crippen LogP contribution is 2.68. The van der Waals surface area contributed by atoms with E-state index in [0.29, 0.717) is 45.7 Å². The zero-order valence-electron chi connectivity index (χ0n) is 21.3. The number of carbonyl (C=O) groups is 3. The fraction of sp³-hybridized carbons (Fsp3) is 0.731. The molecule has 6 atom stereocenters. The molecule has 0 aromatic carbocycles. The lowest BCUT2D eigenvalue weighted by Gasteiger charge is -2.38. The van der Waals surface area contributed by atoms with Crippen molar-refractivity contribution in [2.75, 3.05) is 65.7 Å². The van der Waals surface area contributed by atoms with Crippen LogP contribution in [0.2, 0.25) is 0 Å². The maximum Gasteiger partial charge on any atom is 0.310 e. The molecular weight excluding hydrogens is 562 g/mol. The van der Waals surface area contributed by atoms with Gasteiger partial charge in [0.2, 0.25) is 11.8 Å². The molecule has 4 rings (SSSR count). The lowest BCUT2D eigenvalue weighted by molar-refractivity contribution is -0.154. The fourth-order valence-corrected chi connectivity index (χ4v) is 9.82. The molecule has 206 valence electrons. The van der Waals surface area contributed by atoms with E-state index < -0.39 is 22.6 Å². The van der Waals surface area contributed by atoms with E-state index in [1.165, 1.54) is 4.90 Å². The summed E-state index contributed by atoms with van der Waals surface area (Å²) in [6.45, 7) is 12.2. The molecule has 2 bridgehead atoms. The van der Waals surface area contributed by atoms with Gasteiger partial charge in [-0.2, -0.15) is 0 Å². The van der Waals surface area contributed by atoms with Gasteiger partial charge in [0.15, 0.2) is 0 Å². The number of likely N-dealkylation sites (tertiary alicyclic amines) is 1. The van der Waals surface area contributed by atoms with Crippen LogP contribution in [0.3, 0.4) is 0 Å². The minimum atomic E-state index is -0.754. The third-order valence-electron chi connectivity index (χ3n) is 7.88. The minimum absolute atomic E-state index is 0.0159. The number of hydrogen-bond donors (Lipinski definition) is 1. The molecule has 9 nitrogen and oxygen atoms in total. The molecule has 0 aromatic rings. The van der Waals surface area contributed by atoms with E-state index in [2.05, 4.69) is 34.0 Å². The highest BCUT2D eigenvalue weighted by molar-refractivity contribution is 9.09. The van der Waals surface area contributed by atoms with Gasteiger partial charge in [-0.15, -0.1) is 24.9 Å². The summed E-state index contributed by atoms with van der Waals surface area (Å²) in [6, 6.07) is -0.754. The monoisotopic (exact) mass is 599 g/mol. The molecular formula is C26H38BrN3O6S. The average Bonchev–Trinajstić information content (AvgIpc) is 3.48. The first-order valence-electron chi connectivity index (χ1n) is 13.1. The molecule has 4 aliphatic heterocycles. The molecule has 4 saturated heterocycles. The summed E-state index contributed by atoms with van der Waals surface area (Å²) in [4.78, 5) is 46.8. The van der Waals surface area contributed by atoms with E-state index in [0.717, 1.165) is 19.5 Å². The Kier molecular flexibility index (Phi) is 9.77. The van der Waals surface area contributed by atoms with Crippen LogP contribution in [0.25, 0.3) is 0 Å². The Balaban J connectivity index is 1.58. The second-order valence-electron chi connectivity index (χ2n) is 10.0. The maximum absolute atomic E-state index is 14.2. The normalized spacial score (nSPS) is 32.9. The van der Waals surface area contributed by atoms with Gasteiger partial charge in [-0.1, -0.05) is 28.1 Å². The molecule has 0 radical (unpaired) electrons. The van der Waals surface area contributed by atoms with Crippen molar-refractivity contribution < 1.29 is 29.0 Å². The molecule has 0 aromatic heterocycles. The first-order valence-corrected chi connectivity index (χ1v) is 14.9. The Morgan fingerprint density at radius 3 is 2.70 bits per heavy atom. The average molecular weight is 601 g/mol. The number of unbranched alkanes of at least 4 members (excludes halogenated alkanes) is 1. The summed E-state index contributed by atoms with van der Waals surface area (Å²) in [5.41, 5.74) is 0. The predicted molar refractivity (Wildman–Crippen MR) is 145 cm³/mol. The molecule has 4 aliphatic rings. The largest absolute Gasteiger partial charge is 0.465 e. The number of β-amino-alcohol motifs (C(OH)–C–C–N with tert-alkyl or cyclic N) is 1. The van der Waals surface area contributed by atoms with Crippen molar-refractivity contribution in [2.45, 2.75) is 40.1 Å². The molecule has 0 aliphatic carbocycles. The number of halogens is 1. The second kappa shape index (κ2) is 12.6. The topological polar surface area (TPSA) is 99.6 Å². The van der Waals surface area contributed by atoms with Gasteiger partial charge in [0, 0.05) is 49.3 Å². The summed E-state index contributed by atoms with van der Waals surface area (Å²) >= 11 is 5.33. The molecule has 1 spiro atoms. The van der Waals surface area contributed by atoms with Crippen LogP contribution in [0.5, 0.6) is 0 Å². The zero-order valence-corrected chi connectivity index (χ0v) is 23.7. The van der Waals surface area contributed by atoms with Crippen LogP contribution < -0.4 is 0 Å². The summed E-state index contributed by atoms with van der Waals surface area (Å²) in [5, 5.41) is 9.67. The van der Waals surface area contributed by atoms with Gasteiger partial charge in [0.05, 0.1) is 43.0 Å². The van der Waals surface area contributed by atoms with Crippen molar-refractivity contribution in [3.63, 3.8) is 0 Å². The van der Waals surface area contributed by atoms with E-state index in [-0.39, 0.29) is 47.6 Å². The second-order valence-corrected chi connectivity index (χ2v) is 12.8. The third kappa shape index (κ3) is 5.52. The van der Waals surface area contributed by atoms with Gasteiger partial charge in [0.1, 0.15) is 6.04 Å². The van der Waals surface area contributed by atoms with Crippen molar-refractivity contribution in [3.8, 4) is 0 Å². The number of alkyl halides is 1. The number of amides is 2. The van der Waals surface area contributed by atoms with Gasteiger partial charge >= 0.3 is 5.97 Å². The number of esters is 1. The van der Waals surface area contributed by atoms with Crippen LogP contribution >= 0.6 is 27.7 Å². The minimum Gasteiger partial charge on any atom is -0.465 e. The van der Waals surface area contributed by atoms with E-state index in [9.17, 15) is 19.5 Å². The van der Waals surface area contributed by atoms with Gasteiger partial charge in [-0.05, 0) is 19.3 Å². The van der Waals surface area contributed by atoms with Gasteiger partial charge < -0.3 is 24.4 Å². The zero-order chi connectivity index (χ0) is 26.6. The number of nitrogens with zero attached hydrogens (tertiary/aromatic N) is 3. The summed E-state index contributed by atoms with van der Waals surface area (Å²) in [7, 11) is 0. The van der Waals surface area contributed by atoms with Crippen LogP contribution in [0.4, 0.5) is 0 Å². The number of fused-ring (bicyclic) bond motifs is 1. The van der Waals surface area contributed by atoms with Crippen LogP contribution in [0.15, 0.2) is 25.3 Å². The molecule has 1 N–H and O–H groups in total. The number of hydrogen-bond acceptors (Lipinski definition) is 8. The van der Waals surface area contributed by atoms with Gasteiger partial charge in [-0.3, -0.25) is 19.3 Å². The first kappa shape index (κ1) is 28.6. The van der Waals surface area contributed by atoms with Crippen LogP contribution in [-0.4, -0.2) is 124 Å². The Morgan fingerprint density at radius 2 is 2.03 bits per heavy atom. The number of morpholine rings is 1. The summed E-state index contributed by atoms with van der Waals surface area (Å²) in [5.74, 6) is -2.03. The molecule has 3 unspecified atom stereocenters. The van der Waals surface area contributed by atoms with Crippen LogP contribution in [0, 0.1) is 11.8 Å². The Hall–Kier alpha value is -1.40.